The number of hydrogen-bond acceptors (Lipinski definition) is 6. The number of para-hydroxylation sites is 2. The van der Waals surface area contributed by atoms with Crippen molar-refractivity contribution in [3.8, 4) is 85.4 Å². The van der Waals surface area contributed by atoms with Crippen molar-refractivity contribution in [2.24, 2.45) is 0 Å². The van der Waals surface area contributed by atoms with Crippen LogP contribution in [0.3, 0.4) is 0 Å². The molecule has 66 heavy (non-hydrogen) atoms. The molecule has 0 aliphatic rings. The summed E-state index contributed by atoms with van der Waals surface area (Å²) in [7, 11) is 0. The maximum absolute atomic E-state index is 9.59. The molecule has 12 aromatic rings. The van der Waals surface area contributed by atoms with E-state index in [0.717, 1.165) is 99.5 Å². The molecule has 9 aromatic carbocycles. The van der Waals surface area contributed by atoms with Gasteiger partial charge in [0.15, 0.2) is 17.5 Å². The van der Waals surface area contributed by atoms with Crippen LogP contribution in [0.2, 0.25) is 0 Å². The van der Waals surface area contributed by atoms with Crippen LogP contribution < -0.4 is 0 Å². The molecule has 7 heteroatoms. The van der Waals surface area contributed by atoms with Crippen LogP contribution in [0.15, 0.2) is 211 Å². The molecular formula is C59H34N6O. The fourth-order valence-electron chi connectivity index (χ4n) is 9.09. The smallest absolute Gasteiger partial charge is 0.166 e. The zero-order valence-corrected chi connectivity index (χ0v) is 35.2. The molecule has 0 unspecified atom stereocenters. The van der Waals surface area contributed by atoms with E-state index in [0.29, 0.717) is 28.6 Å². The average molecular weight is 843 g/mol. The van der Waals surface area contributed by atoms with E-state index in [2.05, 4.69) is 95.6 Å². The summed E-state index contributed by atoms with van der Waals surface area (Å²) in [5, 5.41) is 23.4. The van der Waals surface area contributed by atoms with Gasteiger partial charge in [0.25, 0.3) is 0 Å². The number of benzene rings is 9. The molecule has 7 nitrogen and oxygen atoms in total. The molecule has 0 atom stereocenters. The topological polar surface area (TPSA) is 104 Å². The van der Waals surface area contributed by atoms with Gasteiger partial charge in [0, 0.05) is 43.8 Å². The van der Waals surface area contributed by atoms with Crippen molar-refractivity contribution < 1.29 is 4.42 Å². The van der Waals surface area contributed by atoms with Crippen LogP contribution in [-0.4, -0.2) is 19.5 Å². The summed E-state index contributed by atoms with van der Waals surface area (Å²) in [5.74, 6) is 1.63. The molecule has 0 radical (unpaired) electrons. The Morgan fingerprint density at radius 2 is 0.864 bits per heavy atom. The largest absolute Gasteiger partial charge is 0.455 e. The first-order chi connectivity index (χ1) is 32.6. The summed E-state index contributed by atoms with van der Waals surface area (Å²) in [6, 6.07) is 74.0. The Labute approximate surface area is 379 Å². The van der Waals surface area contributed by atoms with Gasteiger partial charge in [0.1, 0.15) is 11.2 Å². The van der Waals surface area contributed by atoms with Crippen LogP contribution in [0, 0.1) is 22.7 Å². The summed E-state index contributed by atoms with van der Waals surface area (Å²) in [6.07, 6.45) is 0. The Morgan fingerprint density at radius 3 is 1.44 bits per heavy atom. The van der Waals surface area contributed by atoms with Crippen molar-refractivity contribution in [2.45, 2.75) is 0 Å². The molecule has 3 aromatic heterocycles. The van der Waals surface area contributed by atoms with Gasteiger partial charge in [-0.2, -0.15) is 10.5 Å². The molecule has 0 fully saturated rings. The fraction of sp³-hybridized carbons (Fsp3) is 0. The van der Waals surface area contributed by atoms with E-state index in [-0.39, 0.29) is 0 Å². The molecule has 0 amide bonds. The number of hydrogen-bond donors (Lipinski definition) is 0. The molecule has 0 aliphatic carbocycles. The summed E-state index contributed by atoms with van der Waals surface area (Å²) >= 11 is 0. The normalized spacial score (nSPS) is 11.3. The number of aromatic nitrogens is 4. The molecule has 3 heterocycles. The van der Waals surface area contributed by atoms with Gasteiger partial charge in [-0.15, -0.1) is 0 Å². The minimum atomic E-state index is 0.512. The summed E-state index contributed by atoms with van der Waals surface area (Å²) in [6.45, 7) is 0. The third-order valence-corrected chi connectivity index (χ3v) is 12.4. The summed E-state index contributed by atoms with van der Waals surface area (Å²) in [5.41, 5.74) is 14.1. The predicted octanol–water partition coefficient (Wildman–Crippen LogP) is 14.6. The second-order valence-electron chi connectivity index (χ2n) is 16.2. The highest BCUT2D eigenvalue weighted by Gasteiger charge is 2.23. The van der Waals surface area contributed by atoms with E-state index >= 15 is 0 Å². The molecule has 0 N–H and O–H groups in total. The lowest BCUT2D eigenvalue weighted by Crippen LogP contribution is -2.04. The third kappa shape index (κ3) is 6.55. The zero-order valence-electron chi connectivity index (χ0n) is 35.2. The quantitative estimate of drug-likeness (QED) is 0.158. The highest BCUT2D eigenvalue weighted by molar-refractivity contribution is 6.12. The highest BCUT2D eigenvalue weighted by Crippen LogP contribution is 2.43. The fourth-order valence-corrected chi connectivity index (χ4v) is 9.09. The molecule has 306 valence electrons. The van der Waals surface area contributed by atoms with Crippen molar-refractivity contribution in [1.29, 1.82) is 10.5 Å². The monoisotopic (exact) mass is 842 g/mol. The Bertz CT molecular complexity index is 3760. The van der Waals surface area contributed by atoms with Gasteiger partial charge in [-0.3, -0.25) is 0 Å². The number of nitriles is 2. The van der Waals surface area contributed by atoms with Crippen molar-refractivity contribution in [3.63, 3.8) is 0 Å². The van der Waals surface area contributed by atoms with Crippen molar-refractivity contribution in [1.82, 2.24) is 19.5 Å². The first-order valence-corrected chi connectivity index (χ1v) is 21.6. The molecule has 0 saturated carbocycles. The Hall–Kier alpha value is -9.43. The maximum atomic E-state index is 9.59. The average Bonchev–Trinajstić information content (AvgIpc) is 3.94. The van der Waals surface area contributed by atoms with Crippen LogP contribution in [0.5, 0.6) is 0 Å². The second kappa shape index (κ2) is 15.7. The third-order valence-electron chi connectivity index (χ3n) is 12.4. The molecule has 0 saturated heterocycles. The Balaban J connectivity index is 1.18. The lowest BCUT2D eigenvalue weighted by molar-refractivity contribution is 0.670. The first-order valence-electron chi connectivity index (χ1n) is 21.6. The van der Waals surface area contributed by atoms with Gasteiger partial charge in [-0.25, -0.2) is 15.0 Å². The number of fused-ring (bicyclic) bond motifs is 6. The van der Waals surface area contributed by atoms with Gasteiger partial charge in [-0.05, 0) is 82.4 Å². The van der Waals surface area contributed by atoms with Gasteiger partial charge in [0.2, 0.25) is 0 Å². The lowest BCUT2D eigenvalue weighted by atomic mass is 9.98. The molecule has 0 bridgehead atoms. The molecule has 0 spiro atoms. The molecule has 12 rings (SSSR count). The van der Waals surface area contributed by atoms with Gasteiger partial charge in [-0.1, -0.05) is 152 Å². The van der Waals surface area contributed by atoms with E-state index in [1.807, 2.05) is 127 Å². The van der Waals surface area contributed by atoms with Crippen molar-refractivity contribution >= 4 is 43.7 Å². The van der Waals surface area contributed by atoms with Gasteiger partial charge >= 0.3 is 0 Å². The first kappa shape index (κ1) is 38.3. The maximum Gasteiger partial charge on any atom is 0.166 e. The second-order valence-corrected chi connectivity index (χ2v) is 16.2. The van der Waals surface area contributed by atoms with E-state index in [4.69, 9.17) is 19.4 Å². The number of rotatable bonds is 7. The standard InChI is InChI=1S/C59H34N6O/c60-35-37-18-22-39(23-19-37)43-26-29-47-48-30-27-44(40-24-20-38(36-61)21-25-40)34-54(48)65(53(47)33-43)52-31-28-45(46-15-9-16-50-49-14-7-8-17-55(49)66-56(46)50)32-51(52)59-63-57(41-10-3-1-4-11-41)62-58(64-59)42-12-5-2-6-13-42/h1-34H. The van der Waals surface area contributed by atoms with Gasteiger partial charge < -0.3 is 8.98 Å². The van der Waals surface area contributed by atoms with Crippen LogP contribution in [0.25, 0.3) is 117 Å². The van der Waals surface area contributed by atoms with Crippen LogP contribution >= 0.6 is 0 Å². The minimum Gasteiger partial charge on any atom is -0.455 e. The SMILES string of the molecule is N#Cc1ccc(-c2ccc3c4ccc(-c5ccc(C#N)cc5)cc4n(-c4ccc(-c5cccc6c5oc5ccccc56)cc4-c4nc(-c5ccccc5)nc(-c5ccccc5)n4)c3c2)cc1. The van der Waals surface area contributed by atoms with Crippen LogP contribution in [-0.2, 0) is 0 Å². The van der Waals surface area contributed by atoms with E-state index in [1.165, 1.54) is 0 Å². The number of furan rings is 1. The predicted molar refractivity (Wildman–Crippen MR) is 263 cm³/mol. The van der Waals surface area contributed by atoms with Gasteiger partial charge in [0.05, 0.1) is 40.0 Å². The highest BCUT2D eigenvalue weighted by atomic mass is 16.3. The van der Waals surface area contributed by atoms with E-state index < -0.39 is 0 Å². The molecular weight excluding hydrogens is 809 g/mol. The lowest BCUT2D eigenvalue weighted by Gasteiger charge is -2.17. The van der Waals surface area contributed by atoms with Crippen LogP contribution in [0.1, 0.15) is 11.1 Å². The van der Waals surface area contributed by atoms with Crippen LogP contribution in [0.4, 0.5) is 0 Å². The van der Waals surface area contributed by atoms with Crippen molar-refractivity contribution in [3.05, 3.63) is 217 Å². The van der Waals surface area contributed by atoms with Crippen molar-refractivity contribution in [2.75, 3.05) is 0 Å². The Morgan fingerprint density at radius 1 is 0.364 bits per heavy atom. The molecule has 0 aliphatic heterocycles. The van der Waals surface area contributed by atoms with E-state index in [1.54, 1.807) is 0 Å². The Kier molecular flexibility index (Phi) is 9.12. The summed E-state index contributed by atoms with van der Waals surface area (Å²) < 4.78 is 8.93. The minimum absolute atomic E-state index is 0.512. The zero-order chi connectivity index (χ0) is 44.1. The number of nitrogens with zero attached hydrogens (tertiary/aromatic N) is 6. The van der Waals surface area contributed by atoms with E-state index in [9.17, 15) is 10.5 Å². The summed E-state index contributed by atoms with van der Waals surface area (Å²) in [4.78, 5) is 15.7.